The molecule has 3 atom stereocenters. The van der Waals surface area contributed by atoms with Crippen molar-refractivity contribution in [1.29, 1.82) is 0 Å². The minimum atomic E-state index is -0.235. The molecule has 2 nitrogen and oxygen atoms in total. The number of aliphatic hydroxyl groups excluding tert-OH is 1. The molecule has 2 heteroatoms. The van der Waals surface area contributed by atoms with Crippen LogP contribution in [0.3, 0.4) is 0 Å². The van der Waals surface area contributed by atoms with E-state index in [1.54, 1.807) is 0 Å². The average molecular weight is 236 g/mol. The highest BCUT2D eigenvalue weighted by Crippen LogP contribution is 2.59. The normalized spacial score (nSPS) is 41.2. The molecule has 0 amide bonds. The van der Waals surface area contributed by atoms with E-state index in [4.69, 9.17) is 0 Å². The van der Waals surface area contributed by atoms with Crippen LogP contribution in [0, 0.1) is 22.7 Å². The number of aliphatic hydroxyl groups is 1. The molecule has 0 radical (unpaired) electrons. The maximum Gasteiger partial charge on any atom is 0.138 e. The second-order valence-electron chi connectivity index (χ2n) is 6.64. The predicted octanol–water partition coefficient (Wildman–Crippen LogP) is 2.96. The Balaban J connectivity index is 2.40. The van der Waals surface area contributed by atoms with Crippen molar-refractivity contribution >= 4 is 5.78 Å². The largest absolute Gasteiger partial charge is 0.396 e. The topological polar surface area (TPSA) is 37.3 Å². The fraction of sp³-hybridized carbons (Fsp3) is 0.800. The monoisotopic (exact) mass is 236 g/mol. The average Bonchev–Trinajstić information content (AvgIpc) is 2.24. The van der Waals surface area contributed by atoms with E-state index in [9.17, 15) is 9.90 Å². The van der Waals surface area contributed by atoms with E-state index in [-0.39, 0.29) is 23.4 Å². The molecule has 0 aliphatic heterocycles. The van der Waals surface area contributed by atoms with Crippen molar-refractivity contribution in [2.75, 3.05) is 6.61 Å². The molecule has 0 aromatic carbocycles. The van der Waals surface area contributed by atoms with Crippen LogP contribution in [0.5, 0.6) is 0 Å². The molecule has 0 heterocycles. The van der Waals surface area contributed by atoms with Crippen LogP contribution >= 0.6 is 0 Å². The van der Waals surface area contributed by atoms with Crippen molar-refractivity contribution in [3.63, 3.8) is 0 Å². The summed E-state index contributed by atoms with van der Waals surface area (Å²) in [5.74, 6) is 0.955. The number of hydrogen-bond donors (Lipinski definition) is 1. The molecule has 2 fully saturated rings. The van der Waals surface area contributed by atoms with Gasteiger partial charge in [-0.2, -0.15) is 0 Å². The molecule has 0 aromatic rings. The van der Waals surface area contributed by atoms with Gasteiger partial charge in [0.05, 0.1) is 6.61 Å². The standard InChI is InChI=1S/C15H24O2/c1-10-5-6-12-14(2,3)13(17)7-8-15(12,4)11(10)9-16/h11-12,16H,1,5-9H2,2-4H3/t11-,12-,15+/m0/s1. The first-order valence-corrected chi connectivity index (χ1v) is 6.66. The molecule has 0 unspecified atom stereocenters. The fourth-order valence-corrected chi connectivity index (χ4v) is 4.31. The summed E-state index contributed by atoms with van der Waals surface area (Å²) in [6.07, 6.45) is 3.57. The molecular formula is C15H24O2. The molecule has 1 N–H and O–H groups in total. The van der Waals surface area contributed by atoms with Gasteiger partial charge in [0.15, 0.2) is 0 Å². The van der Waals surface area contributed by atoms with E-state index in [0.717, 1.165) is 19.3 Å². The van der Waals surface area contributed by atoms with Gasteiger partial charge in [-0.25, -0.2) is 0 Å². The lowest BCUT2D eigenvalue weighted by Crippen LogP contribution is -2.53. The zero-order valence-corrected chi connectivity index (χ0v) is 11.3. The smallest absolute Gasteiger partial charge is 0.138 e. The van der Waals surface area contributed by atoms with Crippen molar-refractivity contribution in [2.24, 2.45) is 22.7 Å². The molecule has 0 saturated heterocycles. The van der Waals surface area contributed by atoms with Crippen molar-refractivity contribution in [3.05, 3.63) is 12.2 Å². The number of fused-ring (bicyclic) bond motifs is 1. The first-order chi connectivity index (χ1) is 7.84. The summed E-state index contributed by atoms with van der Waals surface area (Å²) in [5.41, 5.74) is 0.999. The first-order valence-electron chi connectivity index (χ1n) is 6.66. The molecule has 2 aliphatic carbocycles. The Morgan fingerprint density at radius 3 is 2.59 bits per heavy atom. The molecule has 17 heavy (non-hydrogen) atoms. The Morgan fingerprint density at radius 1 is 1.35 bits per heavy atom. The third kappa shape index (κ3) is 1.69. The fourth-order valence-electron chi connectivity index (χ4n) is 4.31. The lowest BCUT2D eigenvalue weighted by atomic mass is 9.47. The molecule has 2 saturated carbocycles. The highest BCUT2D eigenvalue weighted by molar-refractivity contribution is 5.85. The Bertz CT molecular complexity index is 356. The second-order valence-corrected chi connectivity index (χ2v) is 6.64. The number of Topliss-reactive ketones (excluding diaryl/α,β-unsaturated/α-hetero) is 1. The van der Waals surface area contributed by atoms with Gasteiger partial charge < -0.3 is 5.11 Å². The van der Waals surface area contributed by atoms with E-state index in [1.807, 2.05) is 0 Å². The summed E-state index contributed by atoms with van der Waals surface area (Å²) in [4.78, 5) is 12.1. The molecule has 0 spiro atoms. The van der Waals surface area contributed by atoms with Gasteiger partial charge in [0, 0.05) is 17.8 Å². The van der Waals surface area contributed by atoms with Gasteiger partial charge in [0.2, 0.25) is 0 Å². The quantitative estimate of drug-likeness (QED) is 0.711. The Morgan fingerprint density at radius 2 is 2.00 bits per heavy atom. The van der Waals surface area contributed by atoms with Crippen LogP contribution in [-0.2, 0) is 4.79 Å². The van der Waals surface area contributed by atoms with Crippen LogP contribution in [0.25, 0.3) is 0 Å². The van der Waals surface area contributed by atoms with Gasteiger partial charge in [0.25, 0.3) is 0 Å². The molecule has 0 aromatic heterocycles. The van der Waals surface area contributed by atoms with Crippen molar-refractivity contribution in [2.45, 2.75) is 46.5 Å². The van der Waals surface area contributed by atoms with E-state index < -0.39 is 0 Å². The maximum absolute atomic E-state index is 12.1. The van der Waals surface area contributed by atoms with E-state index in [1.165, 1.54) is 5.57 Å². The molecule has 2 rings (SSSR count). The summed E-state index contributed by atoms with van der Waals surface area (Å²) in [7, 11) is 0. The Hall–Kier alpha value is -0.630. The predicted molar refractivity (Wildman–Crippen MR) is 68.6 cm³/mol. The van der Waals surface area contributed by atoms with Gasteiger partial charge in [-0.1, -0.05) is 32.9 Å². The number of rotatable bonds is 1. The summed E-state index contributed by atoms with van der Waals surface area (Å²) in [6, 6.07) is 0. The highest BCUT2D eigenvalue weighted by atomic mass is 16.3. The number of carbonyl (C=O) groups is 1. The van der Waals surface area contributed by atoms with E-state index in [0.29, 0.717) is 18.1 Å². The first kappa shape index (κ1) is 12.8. The van der Waals surface area contributed by atoms with Gasteiger partial charge in [-0.05, 0) is 30.6 Å². The molecule has 0 bridgehead atoms. The van der Waals surface area contributed by atoms with E-state index >= 15 is 0 Å². The summed E-state index contributed by atoms with van der Waals surface area (Å²) < 4.78 is 0. The van der Waals surface area contributed by atoms with Crippen molar-refractivity contribution < 1.29 is 9.90 Å². The minimum absolute atomic E-state index is 0.0570. The highest BCUT2D eigenvalue weighted by Gasteiger charge is 2.55. The van der Waals surface area contributed by atoms with Gasteiger partial charge in [0.1, 0.15) is 5.78 Å². The zero-order valence-electron chi connectivity index (χ0n) is 11.3. The lowest BCUT2D eigenvalue weighted by Gasteiger charge is -2.56. The Labute approximate surface area is 104 Å². The summed E-state index contributed by atoms with van der Waals surface area (Å²) >= 11 is 0. The molecular weight excluding hydrogens is 212 g/mol. The minimum Gasteiger partial charge on any atom is -0.396 e. The maximum atomic E-state index is 12.1. The van der Waals surface area contributed by atoms with Crippen LogP contribution < -0.4 is 0 Å². The summed E-state index contributed by atoms with van der Waals surface area (Å²) in [6.45, 7) is 10.7. The van der Waals surface area contributed by atoms with Crippen LogP contribution in [0.15, 0.2) is 12.2 Å². The number of ketones is 1. The van der Waals surface area contributed by atoms with E-state index in [2.05, 4.69) is 27.4 Å². The zero-order chi connectivity index (χ0) is 12.8. The number of carbonyl (C=O) groups excluding carboxylic acids is 1. The molecule has 96 valence electrons. The second kappa shape index (κ2) is 3.94. The Kier molecular flexibility index (Phi) is 2.97. The third-order valence-electron chi connectivity index (χ3n) is 5.50. The van der Waals surface area contributed by atoms with Crippen molar-refractivity contribution in [1.82, 2.24) is 0 Å². The van der Waals surface area contributed by atoms with Crippen molar-refractivity contribution in [3.8, 4) is 0 Å². The van der Waals surface area contributed by atoms with Gasteiger partial charge in [-0.3, -0.25) is 4.79 Å². The van der Waals surface area contributed by atoms with Crippen LogP contribution in [0.1, 0.15) is 46.5 Å². The van der Waals surface area contributed by atoms with Gasteiger partial charge in [-0.15, -0.1) is 0 Å². The SMILES string of the molecule is C=C1CC[C@H]2C(C)(C)C(=O)CC[C@]2(C)[C@H]1CO. The van der Waals surface area contributed by atoms with Gasteiger partial charge >= 0.3 is 0 Å². The lowest BCUT2D eigenvalue weighted by molar-refractivity contribution is -0.145. The number of hydrogen-bond acceptors (Lipinski definition) is 2. The molecule has 2 aliphatic rings. The summed E-state index contributed by atoms with van der Waals surface area (Å²) in [5, 5.41) is 9.66. The van der Waals surface area contributed by atoms with Crippen LogP contribution in [0.2, 0.25) is 0 Å². The van der Waals surface area contributed by atoms with Crippen LogP contribution in [0.4, 0.5) is 0 Å². The third-order valence-corrected chi connectivity index (χ3v) is 5.50. The van der Waals surface area contributed by atoms with Crippen LogP contribution in [-0.4, -0.2) is 17.5 Å².